The van der Waals surface area contributed by atoms with E-state index in [1.165, 1.54) is 12.8 Å². The molecule has 1 saturated heterocycles. The van der Waals surface area contributed by atoms with Crippen molar-refractivity contribution in [3.63, 3.8) is 0 Å². The molecule has 2 rings (SSSR count). The highest BCUT2D eigenvalue weighted by Crippen LogP contribution is 2.10. The van der Waals surface area contributed by atoms with E-state index in [1.54, 1.807) is 12.2 Å². The van der Waals surface area contributed by atoms with E-state index in [1.807, 2.05) is 24.3 Å². The highest BCUT2D eigenvalue weighted by molar-refractivity contribution is 6.30. The second-order valence-electron chi connectivity index (χ2n) is 4.79. The predicted molar refractivity (Wildman–Crippen MR) is 79.1 cm³/mol. The first-order chi connectivity index (χ1) is 9.24. The van der Waals surface area contributed by atoms with Crippen LogP contribution < -0.4 is 10.6 Å². The molecule has 0 spiro atoms. The number of halogens is 1. The fraction of sp³-hybridized carbons (Fsp3) is 0.400. The van der Waals surface area contributed by atoms with Gasteiger partial charge in [-0.05, 0) is 43.2 Å². The van der Waals surface area contributed by atoms with Crippen LogP contribution in [-0.2, 0) is 4.79 Å². The summed E-state index contributed by atoms with van der Waals surface area (Å²) >= 11 is 5.81. The van der Waals surface area contributed by atoms with Gasteiger partial charge in [-0.15, -0.1) is 0 Å². The molecule has 1 aromatic rings. The molecule has 1 heterocycles. The summed E-state index contributed by atoms with van der Waals surface area (Å²) in [4.78, 5) is 11.8. The molecular weight excluding hydrogens is 260 g/mol. The van der Waals surface area contributed by atoms with E-state index in [-0.39, 0.29) is 11.9 Å². The summed E-state index contributed by atoms with van der Waals surface area (Å²) in [5.41, 5.74) is 0.971. The minimum atomic E-state index is -0.0383. The smallest absolute Gasteiger partial charge is 0.244 e. The summed E-state index contributed by atoms with van der Waals surface area (Å²) in [6.45, 7) is 1.91. The maximum absolute atomic E-state index is 11.8. The van der Waals surface area contributed by atoms with E-state index >= 15 is 0 Å². The molecule has 1 atom stereocenters. The third-order valence-electron chi connectivity index (χ3n) is 3.19. The number of nitrogens with one attached hydrogen (secondary N) is 2. The zero-order chi connectivity index (χ0) is 13.5. The highest BCUT2D eigenvalue weighted by Gasteiger charge is 2.12. The van der Waals surface area contributed by atoms with Crippen molar-refractivity contribution in [1.82, 2.24) is 10.6 Å². The Balaban J connectivity index is 1.84. The molecule has 0 bridgehead atoms. The van der Waals surface area contributed by atoms with Crippen molar-refractivity contribution in [1.29, 1.82) is 0 Å². The molecule has 0 aromatic heterocycles. The topological polar surface area (TPSA) is 41.1 Å². The number of carbonyl (C=O) groups is 1. The maximum Gasteiger partial charge on any atom is 0.244 e. The molecule has 2 N–H and O–H groups in total. The third-order valence-corrected chi connectivity index (χ3v) is 3.44. The van der Waals surface area contributed by atoms with Gasteiger partial charge in [0.1, 0.15) is 0 Å². The second kappa shape index (κ2) is 7.31. The highest BCUT2D eigenvalue weighted by atomic mass is 35.5. The van der Waals surface area contributed by atoms with Gasteiger partial charge in [0.25, 0.3) is 0 Å². The Morgan fingerprint density at radius 2 is 2.11 bits per heavy atom. The fourth-order valence-corrected chi connectivity index (χ4v) is 2.26. The molecule has 0 radical (unpaired) electrons. The van der Waals surface area contributed by atoms with E-state index < -0.39 is 0 Å². The van der Waals surface area contributed by atoms with E-state index in [9.17, 15) is 4.79 Å². The Labute approximate surface area is 119 Å². The molecule has 1 aromatic carbocycles. The van der Waals surface area contributed by atoms with Crippen LogP contribution in [0.25, 0.3) is 6.08 Å². The summed E-state index contributed by atoms with van der Waals surface area (Å²) in [5, 5.41) is 7.06. The van der Waals surface area contributed by atoms with Gasteiger partial charge in [0.15, 0.2) is 0 Å². The Morgan fingerprint density at radius 3 is 2.89 bits per heavy atom. The van der Waals surface area contributed by atoms with Crippen molar-refractivity contribution in [2.45, 2.75) is 25.3 Å². The van der Waals surface area contributed by atoms with Crippen molar-refractivity contribution in [3.8, 4) is 0 Å². The van der Waals surface area contributed by atoms with E-state index in [0.29, 0.717) is 5.02 Å². The van der Waals surface area contributed by atoms with Crippen LogP contribution in [0.3, 0.4) is 0 Å². The van der Waals surface area contributed by atoms with Gasteiger partial charge in [0.05, 0.1) is 0 Å². The lowest BCUT2D eigenvalue weighted by molar-refractivity contribution is -0.117. The molecular formula is C15H19ClN2O. The van der Waals surface area contributed by atoms with Crippen LogP contribution in [0.1, 0.15) is 24.8 Å². The predicted octanol–water partition coefficient (Wildman–Crippen LogP) is 2.61. The summed E-state index contributed by atoms with van der Waals surface area (Å²) in [6, 6.07) is 7.64. The van der Waals surface area contributed by atoms with Gasteiger partial charge >= 0.3 is 0 Å². The molecule has 0 saturated carbocycles. The number of benzene rings is 1. The zero-order valence-electron chi connectivity index (χ0n) is 10.9. The van der Waals surface area contributed by atoms with E-state index in [2.05, 4.69) is 10.6 Å². The van der Waals surface area contributed by atoms with Gasteiger partial charge in [-0.1, -0.05) is 30.2 Å². The van der Waals surface area contributed by atoms with Crippen molar-refractivity contribution >= 4 is 23.6 Å². The Hall–Kier alpha value is -1.32. The Morgan fingerprint density at radius 1 is 1.32 bits per heavy atom. The first-order valence-electron chi connectivity index (χ1n) is 6.69. The SMILES string of the molecule is O=C(C=Cc1ccc(Cl)cc1)NC1CCCCNC1. The molecule has 1 amide bonds. The van der Waals surface area contributed by atoms with Crippen LogP contribution >= 0.6 is 11.6 Å². The average Bonchev–Trinajstić information content (AvgIpc) is 2.67. The van der Waals surface area contributed by atoms with E-state index in [4.69, 9.17) is 11.6 Å². The number of amides is 1. The number of hydrogen-bond acceptors (Lipinski definition) is 2. The van der Waals surface area contributed by atoms with Crippen LogP contribution in [-0.4, -0.2) is 25.0 Å². The van der Waals surface area contributed by atoms with Crippen LogP contribution in [0.15, 0.2) is 30.3 Å². The number of carbonyl (C=O) groups excluding carboxylic acids is 1. The van der Waals surface area contributed by atoms with Gasteiger partial charge in [0, 0.05) is 23.7 Å². The summed E-state index contributed by atoms with van der Waals surface area (Å²) in [7, 11) is 0. The lowest BCUT2D eigenvalue weighted by Crippen LogP contribution is -2.40. The van der Waals surface area contributed by atoms with Crippen molar-refractivity contribution in [2.75, 3.05) is 13.1 Å². The third kappa shape index (κ3) is 5.05. The van der Waals surface area contributed by atoms with Crippen LogP contribution in [0.2, 0.25) is 5.02 Å². The molecule has 3 nitrogen and oxygen atoms in total. The first-order valence-corrected chi connectivity index (χ1v) is 7.07. The number of rotatable bonds is 3. The molecule has 102 valence electrons. The lowest BCUT2D eigenvalue weighted by Gasteiger charge is -2.14. The Bertz CT molecular complexity index is 434. The summed E-state index contributed by atoms with van der Waals surface area (Å²) < 4.78 is 0. The fourth-order valence-electron chi connectivity index (χ4n) is 2.14. The van der Waals surface area contributed by atoms with Gasteiger partial charge in [0.2, 0.25) is 5.91 Å². The van der Waals surface area contributed by atoms with Gasteiger partial charge < -0.3 is 10.6 Å². The molecule has 1 aliphatic rings. The maximum atomic E-state index is 11.8. The summed E-state index contributed by atoms with van der Waals surface area (Å²) in [6.07, 6.45) is 6.78. The van der Waals surface area contributed by atoms with Crippen molar-refractivity contribution < 1.29 is 4.79 Å². The van der Waals surface area contributed by atoms with E-state index in [0.717, 1.165) is 25.1 Å². The second-order valence-corrected chi connectivity index (χ2v) is 5.23. The minimum absolute atomic E-state index is 0.0383. The van der Waals surface area contributed by atoms with Gasteiger partial charge in [-0.2, -0.15) is 0 Å². The summed E-state index contributed by atoms with van der Waals surface area (Å²) in [5.74, 6) is -0.0383. The molecule has 4 heteroatoms. The van der Waals surface area contributed by atoms with Crippen LogP contribution in [0.4, 0.5) is 0 Å². The standard InChI is InChI=1S/C15H19ClN2O/c16-13-7-4-12(5-8-13)6-9-15(19)18-14-3-1-2-10-17-11-14/h4-9,14,17H,1-3,10-11H2,(H,18,19). The Kier molecular flexibility index (Phi) is 5.43. The monoisotopic (exact) mass is 278 g/mol. The van der Waals surface area contributed by atoms with Crippen molar-refractivity contribution in [2.24, 2.45) is 0 Å². The zero-order valence-corrected chi connectivity index (χ0v) is 11.6. The normalized spacial score (nSPS) is 20.2. The van der Waals surface area contributed by atoms with Crippen LogP contribution in [0, 0.1) is 0 Å². The first kappa shape index (κ1) is 14.1. The molecule has 0 aliphatic carbocycles. The lowest BCUT2D eigenvalue weighted by atomic mass is 10.1. The molecule has 19 heavy (non-hydrogen) atoms. The van der Waals surface area contributed by atoms with Crippen LogP contribution in [0.5, 0.6) is 0 Å². The van der Waals surface area contributed by atoms with Crippen molar-refractivity contribution in [3.05, 3.63) is 40.9 Å². The minimum Gasteiger partial charge on any atom is -0.349 e. The molecule has 1 fully saturated rings. The van der Waals surface area contributed by atoms with Gasteiger partial charge in [-0.3, -0.25) is 4.79 Å². The average molecular weight is 279 g/mol. The van der Waals surface area contributed by atoms with Gasteiger partial charge in [-0.25, -0.2) is 0 Å². The largest absolute Gasteiger partial charge is 0.349 e. The molecule has 1 aliphatic heterocycles. The quantitative estimate of drug-likeness (QED) is 0.835. The molecule has 1 unspecified atom stereocenters. The number of hydrogen-bond donors (Lipinski definition) is 2.